The van der Waals surface area contributed by atoms with Gasteiger partial charge in [0.1, 0.15) is 0 Å². The first kappa shape index (κ1) is 23.5. The van der Waals surface area contributed by atoms with Gasteiger partial charge in [0.15, 0.2) is 17.5 Å². The summed E-state index contributed by atoms with van der Waals surface area (Å²) < 4.78 is 11.3. The highest BCUT2D eigenvalue weighted by Gasteiger charge is 2.13. The zero-order chi connectivity index (χ0) is 18.9. The first-order chi connectivity index (χ1) is 12.6. The predicted molar refractivity (Wildman–Crippen MR) is 123 cm³/mol. The van der Waals surface area contributed by atoms with Crippen LogP contribution in [0.4, 0.5) is 0 Å². The maximum Gasteiger partial charge on any atom is 0.191 e. The van der Waals surface area contributed by atoms with E-state index in [1.54, 1.807) is 18.4 Å². The highest BCUT2D eigenvalue weighted by Crippen LogP contribution is 2.30. The van der Waals surface area contributed by atoms with E-state index in [0.29, 0.717) is 19.8 Å². The third-order valence-corrected chi connectivity index (χ3v) is 4.84. The van der Waals surface area contributed by atoms with Crippen LogP contribution < -0.4 is 20.1 Å². The Morgan fingerprint density at radius 3 is 2.52 bits per heavy atom. The van der Waals surface area contributed by atoms with Crippen molar-refractivity contribution in [2.75, 3.05) is 20.3 Å². The van der Waals surface area contributed by atoms with Crippen molar-refractivity contribution < 1.29 is 9.47 Å². The molecule has 6 nitrogen and oxygen atoms in total. The molecule has 0 saturated heterocycles. The van der Waals surface area contributed by atoms with Crippen molar-refractivity contribution in [1.29, 1.82) is 0 Å². The molecule has 8 heteroatoms. The maximum absolute atomic E-state index is 5.72. The van der Waals surface area contributed by atoms with E-state index in [2.05, 4.69) is 27.5 Å². The van der Waals surface area contributed by atoms with E-state index in [1.807, 2.05) is 44.5 Å². The summed E-state index contributed by atoms with van der Waals surface area (Å²) in [7, 11) is 1.77. The Bertz CT molecular complexity index is 736. The quantitative estimate of drug-likeness (QED) is 0.319. The summed E-state index contributed by atoms with van der Waals surface area (Å²) >= 11 is 1.64. The Balaban J connectivity index is 0.00000364. The second-order valence-corrected chi connectivity index (χ2v) is 6.66. The molecule has 0 aliphatic rings. The van der Waals surface area contributed by atoms with Crippen molar-refractivity contribution in [2.24, 2.45) is 4.99 Å². The van der Waals surface area contributed by atoms with Crippen LogP contribution in [0.1, 0.15) is 42.9 Å². The number of guanidine groups is 1. The molecule has 2 rings (SSSR count). The number of nitrogens with one attached hydrogen (secondary N) is 2. The Morgan fingerprint density at radius 2 is 1.93 bits per heavy atom. The van der Waals surface area contributed by atoms with Crippen LogP contribution >= 0.6 is 35.3 Å². The van der Waals surface area contributed by atoms with Crippen molar-refractivity contribution in [3.63, 3.8) is 0 Å². The SMILES string of the molecule is CCOc1ccc(C(C)NC(=NC)NCc2scnc2C)cc1OCC.I. The maximum atomic E-state index is 5.72. The lowest BCUT2D eigenvalue weighted by molar-refractivity contribution is 0.287. The molecule has 0 fully saturated rings. The third kappa shape index (κ3) is 6.84. The van der Waals surface area contributed by atoms with E-state index in [9.17, 15) is 0 Å². The zero-order valence-electron chi connectivity index (χ0n) is 16.5. The number of ether oxygens (including phenoxy) is 2. The van der Waals surface area contributed by atoms with Gasteiger partial charge in [0.2, 0.25) is 0 Å². The molecule has 0 aliphatic carbocycles. The second-order valence-electron chi connectivity index (χ2n) is 5.72. The standard InChI is InChI=1S/C19H28N4O2S.HI/c1-6-24-16-9-8-15(10-17(16)25-7-2)13(3)23-19(20-5)21-11-18-14(4)22-12-26-18;/h8-10,12-13H,6-7,11H2,1-5H3,(H2,20,21,23);1H. The van der Waals surface area contributed by atoms with Crippen LogP contribution in [0.5, 0.6) is 11.5 Å². The molecule has 150 valence electrons. The Labute approximate surface area is 182 Å². The highest BCUT2D eigenvalue weighted by molar-refractivity contribution is 14.0. The van der Waals surface area contributed by atoms with Gasteiger partial charge in [-0.2, -0.15) is 0 Å². The monoisotopic (exact) mass is 504 g/mol. The average Bonchev–Trinajstić information content (AvgIpc) is 3.05. The summed E-state index contributed by atoms with van der Waals surface area (Å²) in [4.78, 5) is 9.79. The zero-order valence-corrected chi connectivity index (χ0v) is 19.7. The number of hydrogen-bond donors (Lipinski definition) is 2. The largest absolute Gasteiger partial charge is 0.490 e. The smallest absolute Gasteiger partial charge is 0.191 e. The van der Waals surface area contributed by atoms with E-state index < -0.39 is 0 Å². The summed E-state index contributed by atoms with van der Waals surface area (Å²) in [5.41, 5.74) is 4.02. The molecule has 27 heavy (non-hydrogen) atoms. The number of hydrogen-bond acceptors (Lipinski definition) is 5. The number of halogens is 1. The lowest BCUT2D eigenvalue weighted by Crippen LogP contribution is -2.38. The Morgan fingerprint density at radius 1 is 1.22 bits per heavy atom. The molecule has 2 aromatic rings. The number of benzene rings is 1. The van der Waals surface area contributed by atoms with Gasteiger partial charge in [0.25, 0.3) is 0 Å². The fourth-order valence-electron chi connectivity index (χ4n) is 2.48. The molecular weight excluding hydrogens is 475 g/mol. The van der Waals surface area contributed by atoms with Crippen molar-refractivity contribution in [3.8, 4) is 11.5 Å². The van der Waals surface area contributed by atoms with Crippen LogP contribution in [0.2, 0.25) is 0 Å². The molecule has 0 aliphatic heterocycles. The van der Waals surface area contributed by atoms with E-state index in [1.165, 1.54) is 4.88 Å². The van der Waals surface area contributed by atoms with Gasteiger partial charge in [-0.3, -0.25) is 4.99 Å². The minimum Gasteiger partial charge on any atom is -0.490 e. The van der Waals surface area contributed by atoms with Gasteiger partial charge in [0, 0.05) is 11.9 Å². The molecule has 1 aromatic carbocycles. The summed E-state index contributed by atoms with van der Waals surface area (Å²) in [6.45, 7) is 9.96. The molecule has 2 N–H and O–H groups in total. The van der Waals surface area contributed by atoms with E-state index in [4.69, 9.17) is 9.47 Å². The lowest BCUT2D eigenvalue weighted by atomic mass is 10.1. The second kappa shape index (κ2) is 12.0. The molecule has 1 aromatic heterocycles. The average molecular weight is 504 g/mol. The van der Waals surface area contributed by atoms with Crippen LogP contribution in [0, 0.1) is 6.92 Å². The van der Waals surface area contributed by atoms with E-state index >= 15 is 0 Å². The normalized spacial score (nSPS) is 12.1. The number of nitrogens with zero attached hydrogens (tertiary/aromatic N) is 2. The van der Waals surface area contributed by atoms with Gasteiger partial charge in [-0.1, -0.05) is 6.07 Å². The molecule has 0 saturated carbocycles. The first-order valence-electron chi connectivity index (χ1n) is 8.84. The van der Waals surface area contributed by atoms with Crippen LogP contribution in [0.15, 0.2) is 28.7 Å². The minimum absolute atomic E-state index is 0. The summed E-state index contributed by atoms with van der Waals surface area (Å²) in [6, 6.07) is 6.09. The number of aromatic nitrogens is 1. The number of aryl methyl sites for hydroxylation is 1. The Kier molecular flexibility index (Phi) is 10.5. The summed E-state index contributed by atoms with van der Waals surface area (Å²) in [5.74, 6) is 2.29. The third-order valence-electron chi connectivity index (χ3n) is 3.91. The topological polar surface area (TPSA) is 67.8 Å². The van der Waals surface area contributed by atoms with Gasteiger partial charge in [-0.05, 0) is 45.4 Å². The van der Waals surface area contributed by atoms with Gasteiger partial charge < -0.3 is 20.1 Å². The fourth-order valence-corrected chi connectivity index (χ4v) is 3.20. The minimum atomic E-state index is 0. The number of aliphatic imine (C=N–C) groups is 1. The molecule has 1 atom stereocenters. The van der Waals surface area contributed by atoms with Crippen LogP contribution in [0.3, 0.4) is 0 Å². The molecule has 0 bridgehead atoms. The van der Waals surface area contributed by atoms with Crippen LogP contribution in [-0.2, 0) is 6.54 Å². The number of rotatable bonds is 8. The van der Waals surface area contributed by atoms with Crippen molar-refractivity contribution in [1.82, 2.24) is 15.6 Å². The van der Waals surface area contributed by atoms with Gasteiger partial charge >= 0.3 is 0 Å². The van der Waals surface area contributed by atoms with E-state index in [-0.39, 0.29) is 30.0 Å². The lowest BCUT2D eigenvalue weighted by Gasteiger charge is -2.20. The summed E-state index contributed by atoms with van der Waals surface area (Å²) in [5, 5.41) is 6.75. The van der Waals surface area contributed by atoms with Crippen molar-refractivity contribution in [3.05, 3.63) is 39.8 Å². The molecule has 0 radical (unpaired) electrons. The molecule has 0 amide bonds. The van der Waals surface area contributed by atoms with Gasteiger partial charge in [-0.15, -0.1) is 35.3 Å². The molecular formula is C19H29IN4O2S. The van der Waals surface area contributed by atoms with Crippen LogP contribution in [-0.4, -0.2) is 31.2 Å². The predicted octanol–water partition coefficient (Wildman–Crippen LogP) is 4.29. The fraction of sp³-hybridized carbons (Fsp3) is 0.474. The molecule has 0 spiro atoms. The van der Waals surface area contributed by atoms with Crippen molar-refractivity contribution in [2.45, 2.75) is 40.3 Å². The van der Waals surface area contributed by atoms with Gasteiger partial charge in [-0.25, -0.2) is 4.98 Å². The van der Waals surface area contributed by atoms with Gasteiger partial charge in [0.05, 0.1) is 37.0 Å². The Hall–Kier alpha value is -1.55. The first-order valence-corrected chi connectivity index (χ1v) is 9.72. The van der Waals surface area contributed by atoms with E-state index in [0.717, 1.165) is 28.7 Å². The number of thiazole rings is 1. The van der Waals surface area contributed by atoms with Crippen molar-refractivity contribution >= 4 is 41.3 Å². The highest BCUT2D eigenvalue weighted by atomic mass is 127. The molecule has 1 heterocycles. The molecule has 1 unspecified atom stereocenters. The van der Waals surface area contributed by atoms with Crippen LogP contribution in [0.25, 0.3) is 0 Å². The summed E-state index contributed by atoms with van der Waals surface area (Å²) in [6.07, 6.45) is 0.